The highest BCUT2D eigenvalue weighted by atomic mass is 32.2. The Hall–Kier alpha value is -1.35. The summed E-state index contributed by atoms with van der Waals surface area (Å²) in [6.45, 7) is 0.239. The molecule has 19 heavy (non-hydrogen) atoms. The maximum Gasteiger partial charge on any atom is 0.315 e. The summed E-state index contributed by atoms with van der Waals surface area (Å²) in [6.07, 6.45) is 3.02. The monoisotopic (exact) mass is 293 g/mol. The van der Waals surface area contributed by atoms with Crippen LogP contribution in [0.25, 0.3) is 0 Å². The van der Waals surface area contributed by atoms with Crippen LogP contribution in [0.4, 0.5) is 4.79 Å². The van der Waals surface area contributed by atoms with Crippen molar-refractivity contribution in [1.29, 1.82) is 0 Å². The molecule has 0 saturated heterocycles. The van der Waals surface area contributed by atoms with E-state index in [2.05, 4.69) is 15.4 Å². The fraction of sp³-hybridized carbons (Fsp3) is 0.800. The lowest BCUT2D eigenvalue weighted by atomic mass is 10.0. The van der Waals surface area contributed by atoms with Crippen LogP contribution in [-0.4, -0.2) is 50.9 Å². The zero-order valence-electron chi connectivity index (χ0n) is 10.7. The molecule has 0 aromatic heterocycles. The van der Waals surface area contributed by atoms with E-state index in [1.807, 2.05) is 0 Å². The van der Waals surface area contributed by atoms with Crippen LogP contribution in [0, 0.1) is 5.92 Å². The van der Waals surface area contributed by atoms with Crippen molar-refractivity contribution < 1.29 is 23.1 Å². The molecule has 0 bridgehead atoms. The fourth-order valence-electron chi connectivity index (χ4n) is 2.06. The van der Waals surface area contributed by atoms with Crippen molar-refractivity contribution in [2.45, 2.75) is 25.3 Å². The fourth-order valence-corrected chi connectivity index (χ4v) is 2.53. The second kappa shape index (κ2) is 6.71. The van der Waals surface area contributed by atoms with Gasteiger partial charge < -0.3 is 15.7 Å². The lowest BCUT2D eigenvalue weighted by molar-refractivity contribution is -0.142. The van der Waals surface area contributed by atoms with Gasteiger partial charge in [-0.05, 0) is 12.8 Å². The van der Waals surface area contributed by atoms with E-state index in [1.165, 1.54) is 0 Å². The van der Waals surface area contributed by atoms with E-state index in [-0.39, 0.29) is 19.1 Å². The first kappa shape index (κ1) is 15.7. The van der Waals surface area contributed by atoms with Gasteiger partial charge in [-0.25, -0.2) is 17.9 Å². The Kier molecular flexibility index (Phi) is 5.55. The van der Waals surface area contributed by atoms with Gasteiger partial charge in [-0.15, -0.1) is 0 Å². The summed E-state index contributed by atoms with van der Waals surface area (Å²) >= 11 is 0. The summed E-state index contributed by atoms with van der Waals surface area (Å²) in [7, 11) is -3.26. The van der Waals surface area contributed by atoms with Gasteiger partial charge >= 0.3 is 12.0 Å². The highest BCUT2D eigenvalue weighted by molar-refractivity contribution is 7.88. The molecule has 0 aliphatic heterocycles. The molecule has 1 fully saturated rings. The average Bonchev–Trinajstić information content (AvgIpc) is 2.71. The molecular formula is C10H19N3O5S. The van der Waals surface area contributed by atoms with Gasteiger partial charge in [0.1, 0.15) is 0 Å². The molecule has 1 aliphatic carbocycles. The molecule has 9 heteroatoms. The van der Waals surface area contributed by atoms with E-state index in [4.69, 9.17) is 5.11 Å². The molecule has 0 heterocycles. The van der Waals surface area contributed by atoms with Gasteiger partial charge in [0, 0.05) is 19.1 Å². The van der Waals surface area contributed by atoms with E-state index in [9.17, 15) is 18.0 Å². The van der Waals surface area contributed by atoms with Crippen molar-refractivity contribution in [2.24, 2.45) is 5.92 Å². The summed E-state index contributed by atoms with van der Waals surface area (Å²) in [5.41, 5.74) is 0. The third-order valence-electron chi connectivity index (χ3n) is 2.92. The zero-order valence-corrected chi connectivity index (χ0v) is 11.5. The molecule has 2 amide bonds. The van der Waals surface area contributed by atoms with Crippen molar-refractivity contribution >= 4 is 22.0 Å². The summed E-state index contributed by atoms with van der Waals surface area (Å²) in [5, 5.41) is 14.0. The topological polar surface area (TPSA) is 125 Å². The van der Waals surface area contributed by atoms with Crippen LogP contribution >= 0.6 is 0 Å². The van der Waals surface area contributed by atoms with Gasteiger partial charge in [-0.1, -0.05) is 6.42 Å². The number of sulfonamides is 1. The highest BCUT2D eigenvalue weighted by Crippen LogP contribution is 2.25. The number of nitrogens with one attached hydrogen (secondary N) is 3. The minimum absolute atomic E-state index is 0.0965. The van der Waals surface area contributed by atoms with E-state index < -0.39 is 27.9 Å². The standard InChI is InChI=1S/C10H19N3O5S/c1-19(17,18)12-6-5-11-10(16)13-8-4-2-3-7(8)9(14)15/h7-8,12H,2-6H2,1H3,(H,14,15)(H2,11,13,16). The van der Waals surface area contributed by atoms with Gasteiger partial charge in [0.15, 0.2) is 0 Å². The first-order valence-electron chi connectivity index (χ1n) is 6.01. The minimum atomic E-state index is -3.26. The number of carboxylic acid groups (broad SMARTS) is 1. The van der Waals surface area contributed by atoms with Crippen molar-refractivity contribution in [2.75, 3.05) is 19.3 Å². The number of carbonyl (C=O) groups excluding carboxylic acids is 1. The molecule has 2 atom stereocenters. The molecule has 0 spiro atoms. The Balaban J connectivity index is 2.26. The van der Waals surface area contributed by atoms with Crippen molar-refractivity contribution in [3.05, 3.63) is 0 Å². The predicted molar refractivity (Wildman–Crippen MR) is 68.1 cm³/mol. The van der Waals surface area contributed by atoms with Gasteiger partial charge in [0.2, 0.25) is 10.0 Å². The lowest BCUT2D eigenvalue weighted by Gasteiger charge is -2.17. The number of hydrogen-bond donors (Lipinski definition) is 4. The van der Waals surface area contributed by atoms with Crippen LogP contribution in [0.1, 0.15) is 19.3 Å². The Morgan fingerprint density at radius 2 is 1.95 bits per heavy atom. The molecule has 8 nitrogen and oxygen atoms in total. The number of aliphatic carboxylic acids is 1. The SMILES string of the molecule is CS(=O)(=O)NCCNC(=O)NC1CCCC1C(=O)O. The van der Waals surface area contributed by atoms with Crippen LogP contribution in [0.15, 0.2) is 0 Å². The highest BCUT2D eigenvalue weighted by Gasteiger charge is 2.33. The van der Waals surface area contributed by atoms with Gasteiger partial charge in [-0.2, -0.15) is 0 Å². The van der Waals surface area contributed by atoms with Crippen LogP contribution in [0.5, 0.6) is 0 Å². The maximum absolute atomic E-state index is 11.5. The number of carboxylic acids is 1. The molecule has 1 saturated carbocycles. The third-order valence-corrected chi connectivity index (χ3v) is 3.65. The van der Waals surface area contributed by atoms with E-state index in [0.29, 0.717) is 12.8 Å². The number of hydrogen-bond acceptors (Lipinski definition) is 4. The van der Waals surface area contributed by atoms with Crippen LogP contribution in [0.2, 0.25) is 0 Å². The third kappa shape index (κ3) is 5.88. The van der Waals surface area contributed by atoms with Crippen LogP contribution < -0.4 is 15.4 Å². The smallest absolute Gasteiger partial charge is 0.315 e. The van der Waals surface area contributed by atoms with Crippen LogP contribution in [0.3, 0.4) is 0 Å². The summed E-state index contributed by atoms with van der Waals surface area (Å²) in [4.78, 5) is 22.4. The molecule has 2 unspecified atom stereocenters. The Bertz CT molecular complexity index is 436. The second-order valence-electron chi connectivity index (χ2n) is 4.55. The quantitative estimate of drug-likeness (QED) is 0.472. The first-order valence-corrected chi connectivity index (χ1v) is 7.90. The molecule has 4 N–H and O–H groups in total. The predicted octanol–water partition coefficient (Wildman–Crippen LogP) is -0.912. The average molecular weight is 293 g/mol. The normalized spacial score (nSPS) is 23.0. The van der Waals surface area contributed by atoms with Crippen LogP contribution in [-0.2, 0) is 14.8 Å². The molecule has 1 rings (SSSR count). The molecule has 0 aromatic rings. The van der Waals surface area contributed by atoms with E-state index in [1.54, 1.807) is 0 Å². The molecule has 0 radical (unpaired) electrons. The van der Waals surface area contributed by atoms with Gasteiger partial charge in [-0.3, -0.25) is 4.79 Å². The number of amides is 2. The second-order valence-corrected chi connectivity index (χ2v) is 6.38. The summed E-state index contributed by atoms with van der Waals surface area (Å²) in [5.74, 6) is -1.44. The molecular weight excluding hydrogens is 274 g/mol. The minimum Gasteiger partial charge on any atom is -0.481 e. The van der Waals surface area contributed by atoms with Gasteiger partial charge in [0.25, 0.3) is 0 Å². The Labute approximate surface area is 112 Å². The van der Waals surface area contributed by atoms with Gasteiger partial charge in [0.05, 0.1) is 12.2 Å². The zero-order chi connectivity index (χ0) is 14.5. The number of urea groups is 1. The summed E-state index contributed by atoms with van der Waals surface area (Å²) in [6, 6.07) is -0.839. The van der Waals surface area contributed by atoms with Crippen molar-refractivity contribution in [3.8, 4) is 0 Å². The lowest BCUT2D eigenvalue weighted by Crippen LogP contribution is -2.46. The van der Waals surface area contributed by atoms with E-state index in [0.717, 1.165) is 12.7 Å². The Morgan fingerprint density at radius 3 is 2.53 bits per heavy atom. The Morgan fingerprint density at radius 1 is 1.26 bits per heavy atom. The number of rotatable bonds is 6. The molecule has 110 valence electrons. The number of carbonyl (C=O) groups is 2. The largest absolute Gasteiger partial charge is 0.481 e. The van der Waals surface area contributed by atoms with E-state index >= 15 is 0 Å². The maximum atomic E-state index is 11.5. The van der Waals surface area contributed by atoms with Crippen molar-refractivity contribution in [1.82, 2.24) is 15.4 Å². The van der Waals surface area contributed by atoms with Crippen molar-refractivity contribution in [3.63, 3.8) is 0 Å². The summed E-state index contributed by atoms with van der Waals surface area (Å²) < 4.78 is 23.8. The first-order chi connectivity index (χ1) is 8.79. The molecule has 0 aromatic carbocycles. The molecule has 1 aliphatic rings.